The summed E-state index contributed by atoms with van der Waals surface area (Å²) in [6.45, 7) is -0.384. The van der Waals surface area contributed by atoms with E-state index in [1.165, 1.54) is 12.7 Å². The topological polar surface area (TPSA) is 140 Å². The molecular weight excluding hydrogens is 302 g/mol. The third-order valence-corrected chi connectivity index (χ3v) is 4.15. The fourth-order valence-corrected chi connectivity index (χ4v) is 2.91. The van der Waals surface area contributed by atoms with E-state index < -0.39 is 24.5 Å². The molecule has 120 valence electrons. The van der Waals surface area contributed by atoms with Crippen LogP contribution in [0.15, 0.2) is 24.8 Å². The molecule has 2 aromatic heterocycles. The van der Waals surface area contributed by atoms with Gasteiger partial charge in [-0.05, 0) is 12.1 Å². The van der Waals surface area contributed by atoms with Gasteiger partial charge in [-0.3, -0.25) is 0 Å². The Bertz CT molecular complexity index is 882. The maximum absolute atomic E-state index is 10.2. The normalized spacial score (nSPS) is 28.0. The van der Waals surface area contributed by atoms with Crippen LogP contribution in [-0.4, -0.2) is 59.8 Å². The number of anilines is 1. The minimum atomic E-state index is -1.18. The molecule has 0 radical (unpaired) electrons. The average molecular weight is 317 g/mol. The Kier molecular flexibility index (Phi) is 3.16. The Labute approximate surface area is 130 Å². The highest BCUT2D eigenvalue weighted by molar-refractivity contribution is 5.97. The van der Waals surface area contributed by atoms with Crippen molar-refractivity contribution < 1.29 is 20.1 Å². The van der Waals surface area contributed by atoms with E-state index in [1.807, 2.05) is 0 Å². The van der Waals surface area contributed by atoms with Gasteiger partial charge in [-0.25, -0.2) is 15.0 Å². The first-order valence-electron chi connectivity index (χ1n) is 7.09. The Morgan fingerprint density at radius 3 is 2.70 bits per heavy atom. The number of hydrogen-bond donors (Lipinski definition) is 4. The number of benzene rings is 1. The maximum atomic E-state index is 10.2. The standard InChI is InChI=1S/C14H15N5O4/c15-13-6-1-9-8(2-7(6)16-4-17-13)18-5-19(9)14-12(22)11(21)10(3-20)23-14/h1-2,4-5,10-12,14,20-22H,3H2,(H2,15,16,17)/t10-,11+,12-,14-/m0/s1. The van der Waals surface area contributed by atoms with Crippen molar-refractivity contribution in [1.29, 1.82) is 0 Å². The molecule has 0 amide bonds. The van der Waals surface area contributed by atoms with E-state index in [0.29, 0.717) is 27.8 Å². The van der Waals surface area contributed by atoms with Crippen LogP contribution in [0.25, 0.3) is 21.9 Å². The smallest absolute Gasteiger partial charge is 0.164 e. The van der Waals surface area contributed by atoms with E-state index in [9.17, 15) is 15.3 Å². The summed E-state index contributed by atoms with van der Waals surface area (Å²) in [6.07, 6.45) is -1.15. The van der Waals surface area contributed by atoms with Gasteiger partial charge in [0.15, 0.2) is 6.23 Å². The molecule has 1 aromatic carbocycles. The molecular formula is C14H15N5O4. The number of ether oxygens (including phenoxy) is 1. The van der Waals surface area contributed by atoms with Crippen LogP contribution >= 0.6 is 0 Å². The quantitative estimate of drug-likeness (QED) is 0.480. The van der Waals surface area contributed by atoms with Crippen molar-refractivity contribution in [2.24, 2.45) is 0 Å². The van der Waals surface area contributed by atoms with Gasteiger partial charge in [-0.2, -0.15) is 0 Å². The number of aliphatic hydroxyl groups is 3. The molecule has 3 heterocycles. The molecule has 3 aromatic rings. The summed E-state index contributed by atoms with van der Waals surface area (Å²) in [5, 5.41) is 29.9. The minimum Gasteiger partial charge on any atom is -0.394 e. The molecule has 1 aliphatic rings. The van der Waals surface area contributed by atoms with E-state index in [1.54, 1.807) is 16.7 Å². The summed E-state index contributed by atoms with van der Waals surface area (Å²) in [5.74, 6) is 0.339. The van der Waals surface area contributed by atoms with Gasteiger partial charge < -0.3 is 30.4 Å². The molecule has 4 rings (SSSR count). The van der Waals surface area contributed by atoms with Crippen molar-refractivity contribution in [2.75, 3.05) is 12.3 Å². The lowest BCUT2D eigenvalue weighted by Gasteiger charge is -2.17. The fraction of sp³-hybridized carbons (Fsp3) is 0.357. The lowest BCUT2D eigenvalue weighted by molar-refractivity contribution is -0.0508. The Balaban J connectivity index is 1.86. The van der Waals surface area contributed by atoms with Gasteiger partial charge in [0, 0.05) is 5.39 Å². The van der Waals surface area contributed by atoms with E-state index in [0.717, 1.165) is 0 Å². The van der Waals surface area contributed by atoms with E-state index >= 15 is 0 Å². The lowest BCUT2D eigenvalue weighted by Crippen LogP contribution is -2.33. The molecule has 9 nitrogen and oxygen atoms in total. The zero-order valence-corrected chi connectivity index (χ0v) is 11.9. The van der Waals surface area contributed by atoms with Gasteiger partial charge in [0.05, 0.1) is 29.5 Å². The minimum absolute atomic E-state index is 0.339. The summed E-state index contributed by atoms with van der Waals surface area (Å²) < 4.78 is 7.14. The maximum Gasteiger partial charge on any atom is 0.164 e. The van der Waals surface area contributed by atoms with Crippen LogP contribution in [0.4, 0.5) is 5.82 Å². The number of fused-ring (bicyclic) bond motifs is 2. The number of aromatic nitrogens is 4. The monoisotopic (exact) mass is 317 g/mol. The van der Waals surface area contributed by atoms with Gasteiger partial charge in [0.25, 0.3) is 0 Å². The second-order valence-corrected chi connectivity index (χ2v) is 5.50. The first kappa shape index (κ1) is 14.3. The summed E-state index contributed by atoms with van der Waals surface area (Å²) in [6, 6.07) is 3.53. The largest absolute Gasteiger partial charge is 0.394 e. The molecule has 9 heteroatoms. The predicted molar refractivity (Wildman–Crippen MR) is 80.3 cm³/mol. The molecule has 5 N–H and O–H groups in total. The first-order chi connectivity index (χ1) is 11.1. The molecule has 1 fully saturated rings. The van der Waals surface area contributed by atoms with Crippen LogP contribution in [0.3, 0.4) is 0 Å². The van der Waals surface area contributed by atoms with Gasteiger partial charge >= 0.3 is 0 Å². The van der Waals surface area contributed by atoms with Crippen molar-refractivity contribution in [3.8, 4) is 0 Å². The molecule has 1 saturated heterocycles. The second kappa shape index (κ2) is 5.10. The summed E-state index contributed by atoms with van der Waals surface area (Å²) >= 11 is 0. The number of hydrogen-bond acceptors (Lipinski definition) is 8. The van der Waals surface area contributed by atoms with Gasteiger partial charge in [-0.1, -0.05) is 0 Å². The molecule has 0 aliphatic carbocycles. The average Bonchev–Trinajstić information content (AvgIpc) is 3.08. The van der Waals surface area contributed by atoms with Crippen molar-refractivity contribution >= 4 is 27.8 Å². The van der Waals surface area contributed by atoms with E-state index in [4.69, 9.17) is 10.5 Å². The van der Waals surface area contributed by atoms with Crippen LogP contribution in [0.1, 0.15) is 6.23 Å². The van der Waals surface area contributed by atoms with Crippen LogP contribution < -0.4 is 5.73 Å². The zero-order valence-electron chi connectivity index (χ0n) is 11.9. The number of rotatable bonds is 2. The van der Waals surface area contributed by atoms with Gasteiger partial charge in [-0.15, -0.1) is 0 Å². The second-order valence-electron chi connectivity index (χ2n) is 5.50. The lowest BCUT2D eigenvalue weighted by atomic mass is 10.1. The Hall–Kier alpha value is -2.33. The van der Waals surface area contributed by atoms with Crippen molar-refractivity contribution in [1.82, 2.24) is 19.5 Å². The van der Waals surface area contributed by atoms with Gasteiger partial charge in [0.1, 0.15) is 30.5 Å². The van der Waals surface area contributed by atoms with Crippen LogP contribution in [0, 0.1) is 0 Å². The molecule has 23 heavy (non-hydrogen) atoms. The van der Waals surface area contributed by atoms with E-state index in [2.05, 4.69) is 15.0 Å². The predicted octanol–water partition coefficient (Wildman–Crippen LogP) is -0.827. The third kappa shape index (κ3) is 2.05. The summed E-state index contributed by atoms with van der Waals surface area (Å²) in [4.78, 5) is 12.4. The van der Waals surface area contributed by atoms with E-state index in [-0.39, 0.29) is 6.61 Å². The highest BCUT2D eigenvalue weighted by Crippen LogP contribution is 2.33. The summed E-state index contributed by atoms with van der Waals surface area (Å²) in [5.41, 5.74) is 7.85. The highest BCUT2D eigenvalue weighted by atomic mass is 16.6. The third-order valence-electron chi connectivity index (χ3n) is 4.15. The van der Waals surface area contributed by atoms with Crippen molar-refractivity contribution in [3.05, 3.63) is 24.8 Å². The van der Waals surface area contributed by atoms with Crippen molar-refractivity contribution in [3.63, 3.8) is 0 Å². The number of aliphatic hydroxyl groups excluding tert-OH is 3. The molecule has 1 aliphatic heterocycles. The SMILES string of the molecule is Nc1ncnc2cc3ncn([C@H]4O[C@@H](CO)[C@@H](O)[C@@H]4O)c3cc12. The number of nitrogens with zero attached hydrogens (tertiary/aromatic N) is 4. The fourth-order valence-electron chi connectivity index (χ4n) is 2.91. The number of imidazole rings is 1. The van der Waals surface area contributed by atoms with Gasteiger partial charge in [0.2, 0.25) is 0 Å². The van der Waals surface area contributed by atoms with Crippen LogP contribution in [-0.2, 0) is 4.74 Å². The highest BCUT2D eigenvalue weighted by Gasteiger charge is 2.43. The Morgan fingerprint density at radius 2 is 1.96 bits per heavy atom. The molecule has 0 spiro atoms. The molecule has 4 atom stereocenters. The molecule has 0 unspecified atom stereocenters. The zero-order chi connectivity index (χ0) is 16.1. The number of nitrogen functional groups attached to an aromatic ring is 1. The first-order valence-corrected chi connectivity index (χ1v) is 7.09. The van der Waals surface area contributed by atoms with Crippen LogP contribution in [0.2, 0.25) is 0 Å². The van der Waals surface area contributed by atoms with Crippen molar-refractivity contribution in [2.45, 2.75) is 24.5 Å². The molecule has 0 saturated carbocycles. The summed E-state index contributed by atoms with van der Waals surface area (Å²) in [7, 11) is 0. The molecule has 0 bridgehead atoms. The number of nitrogens with two attached hydrogens (primary N) is 1. The Morgan fingerprint density at radius 1 is 1.13 bits per heavy atom. The van der Waals surface area contributed by atoms with Crippen LogP contribution in [0.5, 0.6) is 0 Å².